The molecule has 0 spiro atoms. The van der Waals surface area contributed by atoms with E-state index in [0.29, 0.717) is 24.1 Å². The summed E-state index contributed by atoms with van der Waals surface area (Å²) in [6.45, 7) is 5.60. The number of rotatable bonds is 5. The van der Waals surface area contributed by atoms with Crippen LogP contribution in [0.5, 0.6) is 0 Å². The van der Waals surface area contributed by atoms with Crippen molar-refractivity contribution in [3.05, 3.63) is 12.3 Å². The Balaban J connectivity index is 1.42. The number of hydrogen-bond acceptors (Lipinski definition) is 4. The van der Waals surface area contributed by atoms with E-state index in [1.165, 1.54) is 6.42 Å². The van der Waals surface area contributed by atoms with Gasteiger partial charge in [-0.25, -0.2) is 4.68 Å². The molecule has 0 aliphatic heterocycles. The predicted octanol–water partition coefficient (Wildman–Crippen LogP) is 3.91. The van der Waals surface area contributed by atoms with Crippen LogP contribution in [0.3, 0.4) is 0 Å². The molecule has 7 heteroatoms. The highest BCUT2D eigenvalue weighted by molar-refractivity contribution is 6.24. The number of halogens is 1. The number of carbonyl (C=O) groups excluding carboxylic acids is 2. The predicted molar refractivity (Wildman–Crippen MR) is 102 cm³/mol. The highest BCUT2D eigenvalue weighted by Gasteiger charge is 2.61. The Hall–Kier alpha value is -1.56. The lowest BCUT2D eigenvalue weighted by molar-refractivity contribution is -0.176. The average Bonchev–Trinajstić information content (AvgIpc) is 3.00. The SMILES string of the molecule is CC(C)n1nccc1NC(=O)[C@H](C)OC(=O)C12C[C@@H]3C[C@@H](CC(Cl)(C3)C1)C2. The van der Waals surface area contributed by atoms with E-state index in [4.69, 9.17) is 16.3 Å². The van der Waals surface area contributed by atoms with Crippen LogP contribution in [0.1, 0.15) is 65.3 Å². The van der Waals surface area contributed by atoms with Crippen LogP contribution in [-0.2, 0) is 14.3 Å². The van der Waals surface area contributed by atoms with Gasteiger partial charge < -0.3 is 10.1 Å². The van der Waals surface area contributed by atoms with Crippen LogP contribution < -0.4 is 5.32 Å². The van der Waals surface area contributed by atoms with E-state index in [1.807, 2.05) is 13.8 Å². The summed E-state index contributed by atoms with van der Waals surface area (Å²) in [5.41, 5.74) is -0.500. The summed E-state index contributed by atoms with van der Waals surface area (Å²) >= 11 is 6.81. The van der Waals surface area contributed by atoms with Crippen molar-refractivity contribution in [3.8, 4) is 0 Å². The minimum absolute atomic E-state index is 0.125. The molecule has 4 aliphatic rings. The smallest absolute Gasteiger partial charge is 0.312 e. The number of anilines is 1. The van der Waals surface area contributed by atoms with Gasteiger partial charge in [-0.1, -0.05) is 0 Å². The lowest BCUT2D eigenvalue weighted by Gasteiger charge is -2.58. The molecule has 2 unspecified atom stereocenters. The molecule has 1 aromatic rings. The maximum Gasteiger partial charge on any atom is 0.312 e. The maximum absolute atomic E-state index is 13.1. The Morgan fingerprint density at radius 3 is 2.52 bits per heavy atom. The number of nitrogens with zero attached hydrogens (tertiary/aromatic N) is 2. The average molecular weight is 394 g/mol. The topological polar surface area (TPSA) is 73.2 Å². The molecular weight excluding hydrogens is 366 g/mol. The quantitative estimate of drug-likeness (QED) is 0.608. The van der Waals surface area contributed by atoms with Crippen molar-refractivity contribution >= 4 is 29.3 Å². The third kappa shape index (κ3) is 3.37. The number of nitrogens with one attached hydrogen (secondary N) is 1. The van der Waals surface area contributed by atoms with Crippen LogP contribution in [-0.4, -0.2) is 32.6 Å². The van der Waals surface area contributed by atoms with E-state index in [2.05, 4.69) is 10.4 Å². The molecule has 6 nitrogen and oxygen atoms in total. The molecule has 1 N–H and O–H groups in total. The monoisotopic (exact) mass is 393 g/mol. The van der Waals surface area contributed by atoms with Gasteiger partial charge in [-0.2, -0.15) is 5.10 Å². The van der Waals surface area contributed by atoms with Crippen LogP contribution in [0.15, 0.2) is 12.3 Å². The zero-order chi connectivity index (χ0) is 19.4. The van der Waals surface area contributed by atoms with Crippen LogP contribution >= 0.6 is 11.6 Å². The highest BCUT2D eigenvalue weighted by Crippen LogP contribution is 2.64. The van der Waals surface area contributed by atoms with Gasteiger partial charge in [-0.15, -0.1) is 11.6 Å². The van der Waals surface area contributed by atoms with Gasteiger partial charge >= 0.3 is 5.97 Å². The lowest BCUT2D eigenvalue weighted by Crippen LogP contribution is -2.57. The van der Waals surface area contributed by atoms with Gasteiger partial charge in [-0.3, -0.25) is 9.59 Å². The Morgan fingerprint density at radius 2 is 1.93 bits per heavy atom. The lowest BCUT2D eigenvalue weighted by atomic mass is 9.49. The normalized spacial score (nSPS) is 35.3. The molecule has 5 rings (SSSR count). The van der Waals surface area contributed by atoms with Gasteiger partial charge in [0, 0.05) is 17.0 Å². The van der Waals surface area contributed by atoms with Crippen molar-refractivity contribution in [2.75, 3.05) is 5.32 Å². The molecule has 0 saturated heterocycles. The number of hydrogen-bond donors (Lipinski definition) is 1. The summed E-state index contributed by atoms with van der Waals surface area (Å²) in [4.78, 5) is 25.4. The Labute approximate surface area is 165 Å². The zero-order valence-electron chi connectivity index (χ0n) is 16.2. The first-order valence-corrected chi connectivity index (χ1v) is 10.3. The number of esters is 1. The van der Waals surface area contributed by atoms with Gasteiger partial charge in [0.2, 0.25) is 0 Å². The van der Waals surface area contributed by atoms with Gasteiger partial charge in [0.05, 0.1) is 11.6 Å². The van der Waals surface area contributed by atoms with Crippen molar-refractivity contribution in [2.24, 2.45) is 17.3 Å². The van der Waals surface area contributed by atoms with Crippen LogP contribution in [0, 0.1) is 17.3 Å². The van der Waals surface area contributed by atoms with E-state index in [-0.39, 0.29) is 22.8 Å². The minimum Gasteiger partial charge on any atom is -0.452 e. The molecule has 1 heterocycles. The summed E-state index contributed by atoms with van der Waals surface area (Å²) in [7, 11) is 0. The second kappa shape index (κ2) is 6.50. The number of carbonyl (C=O) groups is 2. The molecule has 27 heavy (non-hydrogen) atoms. The number of amides is 1. The third-order valence-corrected chi connectivity index (χ3v) is 6.93. The standard InChI is InChI=1S/C20H28ClN3O3/c1-12(2)24-16(4-5-22-24)23-17(25)13(3)27-18(26)19-7-14-6-15(8-19)10-20(21,9-14)11-19/h4-5,12-15H,6-11H2,1-3H3,(H,23,25)/t13-,14-,15+,19?,20?/m0/s1. The number of ether oxygens (including phenoxy) is 1. The summed E-state index contributed by atoms with van der Waals surface area (Å²) < 4.78 is 7.38. The second-order valence-corrected chi connectivity index (χ2v) is 9.99. The van der Waals surface area contributed by atoms with Crippen LogP contribution in [0.2, 0.25) is 0 Å². The van der Waals surface area contributed by atoms with Gasteiger partial charge in [0.1, 0.15) is 5.82 Å². The van der Waals surface area contributed by atoms with E-state index in [1.54, 1.807) is 23.9 Å². The first-order valence-electron chi connectivity index (χ1n) is 9.94. The molecule has 0 aromatic carbocycles. The van der Waals surface area contributed by atoms with E-state index < -0.39 is 11.5 Å². The largest absolute Gasteiger partial charge is 0.452 e. The molecule has 4 bridgehead atoms. The van der Waals surface area contributed by atoms with E-state index >= 15 is 0 Å². The van der Waals surface area contributed by atoms with Crippen LogP contribution in [0.25, 0.3) is 0 Å². The van der Waals surface area contributed by atoms with Crippen LogP contribution in [0.4, 0.5) is 5.82 Å². The van der Waals surface area contributed by atoms with Gasteiger partial charge in [0.15, 0.2) is 6.10 Å². The Bertz CT molecular complexity index is 745. The number of alkyl halides is 1. The summed E-state index contributed by atoms with van der Waals surface area (Å²) in [6.07, 6.45) is 6.37. The summed E-state index contributed by atoms with van der Waals surface area (Å²) in [6, 6.07) is 1.86. The molecule has 4 fully saturated rings. The summed E-state index contributed by atoms with van der Waals surface area (Å²) in [5, 5.41) is 7.02. The summed E-state index contributed by atoms with van der Waals surface area (Å²) in [5.74, 6) is 1.05. The van der Waals surface area contributed by atoms with Gasteiger partial charge in [0.25, 0.3) is 5.91 Å². The van der Waals surface area contributed by atoms with Crippen molar-refractivity contribution in [3.63, 3.8) is 0 Å². The fourth-order valence-corrected chi connectivity index (χ4v) is 6.47. The van der Waals surface area contributed by atoms with Crippen molar-refractivity contribution in [1.29, 1.82) is 0 Å². The molecule has 4 aliphatic carbocycles. The Morgan fingerprint density at radius 1 is 1.26 bits per heavy atom. The fourth-order valence-electron chi connectivity index (χ4n) is 5.78. The molecule has 1 aromatic heterocycles. The third-order valence-electron chi connectivity index (χ3n) is 6.49. The fraction of sp³-hybridized carbons (Fsp3) is 0.750. The second-order valence-electron chi connectivity index (χ2n) is 9.18. The first kappa shape index (κ1) is 18.8. The van der Waals surface area contributed by atoms with Gasteiger partial charge in [-0.05, 0) is 71.1 Å². The van der Waals surface area contributed by atoms with E-state index in [0.717, 1.165) is 25.7 Å². The van der Waals surface area contributed by atoms with Crippen molar-refractivity contribution in [2.45, 2.75) is 76.3 Å². The first-order chi connectivity index (χ1) is 12.7. The zero-order valence-corrected chi connectivity index (χ0v) is 17.0. The van der Waals surface area contributed by atoms with Crippen molar-refractivity contribution in [1.82, 2.24) is 9.78 Å². The maximum atomic E-state index is 13.1. The molecule has 148 valence electrons. The Kier molecular flexibility index (Phi) is 4.53. The molecule has 4 saturated carbocycles. The number of aromatic nitrogens is 2. The molecule has 1 amide bonds. The minimum atomic E-state index is -0.854. The van der Waals surface area contributed by atoms with E-state index in [9.17, 15) is 9.59 Å². The molecule has 5 atom stereocenters. The molecular formula is C20H28ClN3O3. The highest BCUT2D eigenvalue weighted by atomic mass is 35.5. The van der Waals surface area contributed by atoms with Crippen molar-refractivity contribution < 1.29 is 14.3 Å². The molecule has 0 radical (unpaired) electrons.